The molecule has 2 N–H and O–H groups in total. The molecule has 8 nitrogen and oxygen atoms in total. The molecule has 12 heteroatoms. The van der Waals surface area contributed by atoms with Crippen LogP contribution in [0, 0.1) is 34.5 Å². The number of ketones is 1. The van der Waals surface area contributed by atoms with E-state index in [1.165, 1.54) is 0 Å². The molecule has 2 unspecified atom stereocenters. The van der Waals surface area contributed by atoms with E-state index in [1.54, 1.807) is 0 Å². The van der Waals surface area contributed by atoms with E-state index < -0.39 is 28.3 Å². The molecular weight excluding hydrogens is 512 g/mol. The van der Waals surface area contributed by atoms with E-state index in [0.29, 0.717) is 29.5 Å². The molecule has 4 aliphatic rings. The van der Waals surface area contributed by atoms with E-state index >= 15 is 0 Å². The van der Waals surface area contributed by atoms with Gasteiger partial charge >= 0.3 is 65.3 Å². The van der Waals surface area contributed by atoms with Gasteiger partial charge in [-0.25, -0.2) is 4.79 Å². The SMILES string of the molecule is C[C@]12CC[C@H](OC(=O)OCCC(P([O-])O)P([O-])O)C[C@@H]1CC[C@@H]1[C@@H]2CC[C@]2(C)C(=O)CC[C@@H]12.[Na+].[Na+]. The van der Waals surface area contributed by atoms with E-state index in [9.17, 15) is 19.4 Å². The molecule has 0 aliphatic heterocycles. The summed E-state index contributed by atoms with van der Waals surface area (Å²) in [5.74, 6) is 2.73. The van der Waals surface area contributed by atoms with Gasteiger partial charge in [0.05, 0.1) is 6.61 Å². The van der Waals surface area contributed by atoms with Gasteiger partial charge in [-0.1, -0.05) is 30.6 Å². The van der Waals surface area contributed by atoms with Crippen molar-refractivity contribution in [3.8, 4) is 0 Å². The summed E-state index contributed by atoms with van der Waals surface area (Å²) in [5, 5.41) is -1.30. The van der Waals surface area contributed by atoms with Crippen LogP contribution in [0.2, 0.25) is 0 Å². The van der Waals surface area contributed by atoms with Gasteiger partial charge in [-0.15, -0.1) is 0 Å². The molecule has 4 rings (SSSR count). The molecular formula is C23H36Na2O8P2. The number of hydrogen-bond donors (Lipinski definition) is 2. The maximum absolute atomic E-state index is 12.6. The summed E-state index contributed by atoms with van der Waals surface area (Å²) in [6.45, 7) is 4.38. The topological polar surface area (TPSA) is 139 Å². The van der Waals surface area contributed by atoms with Crippen molar-refractivity contribution in [3.05, 3.63) is 0 Å². The summed E-state index contributed by atoms with van der Waals surface area (Å²) in [6.07, 6.45) is 7.54. The Balaban J connectivity index is 0.00000216. The van der Waals surface area contributed by atoms with Crippen molar-refractivity contribution in [2.45, 2.75) is 89.6 Å². The van der Waals surface area contributed by atoms with Crippen LogP contribution in [0.1, 0.15) is 78.1 Å². The molecule has 9 atom stereocenters. The van der Waals surface area contributed by atoms with Crippen LogP contribution in [-0.4, -0.2) is 39.8 Å². The first-order valence-electron chi connectivity index (χ1n) is 12.2. The van der Waals surface area contributed by atoms with Crippen molar-refractivity contribution in [1.82, 2.24) is 0 Å². The van der Waals surface area contributed by atoms with Crippen molar-refractivity contribution < 1.29 is 97.8 Å². The smallest absolute Gasteiger partial charge is 0.808 e. The van der Waals surface area contributed by atoms with Crippen LogP contribution in [0.4, 0.5) is 4.79 Å². The standard InChI is InChI=1S/C23H36O8P2.2Na/c1-22-10-7-15(31-21(25)30-12-9-20(32(26)27)33(28)29)13-14(22)3-4-16-17-5-6-19(24)23(17,2)11-8-18(16)22;;/h14-18,20,26,28H,3-13H2,1-2H3;;/q-2;2*+1/t14-,15-,16-,17-,18-,22-,23-;;/m0../s1. The van der Waals surface area contributed by atoms with Crippen LogP contribution in [0.3, 0.4) is 0 Å². The molecule has 0 amide bonds. The largest absolute Gasteiger partial charge is 1.00 e. The Hall–Kier alpha value is 1.64. The Morgan fingerprint density at radius 2 is 1.74 bits per heavy atom. The third-order valence-electron chi connectivity index (χ3n) is 9.70. The zero-order valence-corrected chi connectivity index (χ0v) is 27.3. The van der Waals surface area contributed by atoms with Crippen LogP contribution in [0.5, 0.6) is 0 Å². The van der Waals surface area contributed by atoms with E-state index in [1.807, 2.05) is 0 Å². The summed E-state index contributed by atoms with van der Waals surface area (Å²) in [6, 6.07) is 0. The number of Topliss-reactive ketones (excluding diaryl/α,β-unsaturated/α-hetero) is 1. The van der Waals surface area contributed by atoms with Gasteiger partial charge in [-0.2, -0.15) is 0 Å². The molecule has 0 aromatic heterocycles. The summed E-state index contributed by atoms with van der Waals surface area (Å²) in [5.41, 5.74) is 0.103. The number of rotatable bonds is 6. The average molecular weight is 548 g/mol. The van der Waals surface area contributed by atoms with Crippen LogP contribution in [-0.2, 0) is 14.3 Å². The first kappa shape index (κ1) is 32.8. The van der Waals surface area contributed by atoms with E-state index in [0.717, 1.165) is 57.8 Å². The predicted molar refractivity (Wildman–Crippen MR) is 120 cm³/mol. The molecule has 0 aromatic rings. The fraction of sp³-hybridized carbons (Fsp3) is 0.913. The van der Waals surface area contributed by atoms with Crippen LogP contribution in [0.15, 0.2) is 0 Å². The molecule has 4 saturated carbocycles. The Morgan fingerprint density at radius 1 is 1.06 bits per heavy atom. The van der Waals surface area contributed by atoms with Crippen molar-refractivity contribution in [3.63, 3.8) is 0 Å². The number of carbonyl (C=O) groups excluding carboxylic acids is 2. The van der Waals surface area contributed by atoms with E-state index in [4.69, 9.17) is 19.3 Å². The van der Waals surface area contributed by atoms with Crippen LogP contribution < -0.4 is 68.9 Å². The normalized spacial score (nSPS) is 40.5. The van der Waals surface area contributed by atoms with Gasteiger partial charge in [0.2, 0.25) is 0 Å². The summed E-state index contributed by atoms with van der Waals surface area (Å²) < 4.78 is 10.6. The second kappa shape index (κ2) is 13.3. The zero-order valence-electron chi connectivity index (χ0n) is 21.5. The van der Waals surface area contributed by atoms with Crippen molar-refractivity contribution >= 4 is 28.7 Å². The Bertz CT molecular complexity index is 751. The molecule has 0 saturated heterocycles. The molecule has 0 aromatic carbocycles. The second-order valence-electron chi connectivity index (χ2n) is 11.1. The summed E-state index contributed by atoms with van der Waals surface area (Å²) in [4.78, 5) is 65.1. The van der Waals surface area contributed by atoms with Crippen molar-refractivity contribution in [2.24, 2.45) is 34.5 Å². The van der Waals surface area contributed by atoms with Crippen molar-refractivity contribution in [1.29, 1.82) is 0 Å². The first-order valence-corrected chi connectivity index (χ1v) is 14.8. The van der Waals surface area contributed by atoms with Gasteiger partial charge in [-0.05, 0) is 86.9 Å². The maximum Gasteiger partial charge on any atom is 1.00 e. The van der Waals surface area contributed by atoms with Crippen molar-refractivity contribution in [2.75, 3.05) is 6.61 Å². The number of fused-ring (bicyclic) bond motifs is 5. The zero-order chi connectivity index (χ0) is 24.0. The minimum absolute atomic E-state index is 0. The quantitative estimate of drug-likeness (QED) is 0.206. The molecule has 0 radical (unpaired) electrons. The van der Waals surface area contributed by atoms with Gasteiger partial charge in [0.25, 0.3) is 0 Å². The third-order valence-corrected chi connectivity index (χ3v) is 12.4. The molecule has 35 heavy (non-hydrogen) atoms. The second-order valence-corrected chi connectivity index (χ2v) is 13.9. The average Bonchev–Trinajstić information content (AvgIpc) is 3.05. The minimum atomic E-state index is -2.82. The molecule has 0 spiro atoms. The van der Waals surface area contributed by atoms with Gasteiger partial charge in [0.1, 0.15) is 11.9 Å². The molecule has 4 fully saturated rings. The molecule has 188 valence electrons. The first-order chi connectivity index (χ1) is 15.6. The summed E-state index contributed by atoms with van der Waals surface area (Å²) >= 11 is 0. The molecule has 0 heterocycles. The van der Waals surface area contributed by atoms with Gasteiger partial charge in [0.15, 0.2) is 0 Å². The fourth-order valence-electron chi connectivity index (χ4n) is 7.82. The fourth-order valence-corrected chi connectivity index (χ4v) is 9.15. The van der Waals surface area contributed by atoms with Crippen LogP contribution >= 0.6 is 16.8 Å². The van der Waals surface area contributed by atoms with Gasteiger partial charge < -0.3 is 29.0 Å². The van der Waals surface area contributed by atoms with Gasteiger partial charge in [0, 0.05) is 17.2 Å². The number of hydrogen-bond acceptors (Lipinski definition) is 8. The number of carbonyl (C=O) groups is 2. The monoisotopic (exact) mass is 548 g/mol. The van der Waals surface area contributed by atoms with Gasteiger partial charge in [-0.3, -0.25) is 4.79 Å². The Kier molecular flexibility index (Phi) is 12.5. The third kappa shape index (κ3) is 6.69. The van der Waals surface area contributed by atoms with E-state index in [2.05, 4.69) is 13.8 Å². The Morgan fingerprint density at radius 3 is 2.40 bits per heavy atom. The maximum atomic E-state index is 12.6. The van der Waals surface area contributed by atoms with E-state index in [-0.39, 0.29) is 89.1 Å². The molecule has 0 bridgehead atoms. The minimum Gasteiger partial charge on any atom is -0.808 e. The molecule has 4 aliphatic carbocycles. The number of ether oxygens (including phenoxy) is 2. The van der Waals surface area contributed by atoms with Crippen LogP contribution in [0.25, 0.3) is 0 Å². The summed E-state index contributed by atoms with van der Waals surface area (Å²) in [7, 11) is -5.63. The predicted octanol–water partition coefficient (Wildman–Crippen LogP) is -2.83. The Labute approximate surface area is 255 Å².